The minimum absolute atomic E-state index is 0.220. The molecule has 3 N–H and O–H groups in total. The van der Waals surface area contributed by atoms with Crippen LogP contribution in [0.4, 0.5) is 26.0 Å². The summed E-state index contributed by atoms with van der Waals surface area (Å²) in [6.45, 7) is 2.63. The minimum atomic E-state index is -3.80. The number of methoxy groups -OCH3 is 1. The second-order valence-electron chi connectivity index (χ2n) is 6.91. The second kappa shape index (κ2) is 10.4. The fraction of sp³-hybridized carbons (Fsp3) is 0.421. The van der Waals surface area contributed by atoms with Gasteiger partial charge in [-0.15, -0.1) is 11.8 Å². The van der Waals surface area contributed by atoms with Crippen LogP contribution in [0.1, 0.15) is 25.0 Å². The number of nitrogens with one attached hydrogen (secondary N) is 3. The maximum Gasteiger partial charge on any atom is 0.234 e. The monoisotopic (exact) mass is 487 g/mol. The van der Waals surface area contributed by atoms with Crippen molar-refractivity contribution in [3.05, 3.63) is 35.8 Å². The van der Waals surface area contributed by atoms with Crippen LogP contribution in [0.3, 0.4) is 0 Å². The molecule has 1 aromatic heterocycles. The van der Waals surface area contributed by atoms with Crippen molar-refractivity contribution in [3.63, 3.8) is 0 Å². The van der Waals surface area contributed by atoms with Crippen molar-refractivity contribution in [2.45, 2.75) is 24.2 Å². The van der Waals surface area contributed by atoms with Crippen molar-refractivity contribution >= 4 is 44.9 Å². The molecular weight excluding hydrogens is 464 g/mol. The molecule has 0 bridgehead atoms. The van der Waals surface area contributed by atoms with E-state index in [1.54, 1.807) is 14.0 Å². The lowest BCUT2D eigenvalue weighted by atomic mass is 10.1. The maximum atomic E-state index is 14.8. The minimum Gasteiger partial charge on any atom is -0.383 e. The Labute approximate surface area is 188 Å². The molecule has 0 aliphatic carbocycles. The van der Waals surface area contributed by atoms with Gasteiger partial charge >= 0.3 is 0 Å². The number of carbonyl (C=O) groups excluding carboxylic acids is 1. The molecule has 32 heavy (non-hydrogen) atoms. The number of aromatic nitrogens is 2. The summed E-state index contributed by atoms with van der Waals surface area (Å²) in [6, 6.07) is 1.86. The molecule has 1 aromatic carbocycles. The first-order valence-corrected chi connectivity index (χ1v) is 12.4. The summed E-state index contributed by atoms with van der Waals surface area (Å²) >= 11 is 1.36. The van der Waals surface area contributed by atoms with E-state index in [9.17, 15) is 22.0 Å². The lowest BCUT2D eigenvalue weighted by molar-refractivity contribution is -0.117. The predicted octanol–water partition coefficient (Wildman–Crippen LogP) is 2.79. The molecule has 1 amide bonds. The van der Waals surface area contributed by atoms with E-state index in [2.05, 4.69) is 25.3 Å². The molecule has 13 heteroatoms. The highest BCUT2D eigenvalue weighted by Gasteiger charge is 2.34. The number of carbonyl (C=O) groups is 1. The normalized spacial score (nSPS) is 15.3. The van der Waals surface area contributed by atoms with Gasteiger partial charge in [0.1, 0.15) is 23.6 Å². The van der Waals surface area contributed by atoms with Crippen LogP contribution in [0, 0.1) is 11.6 Å². The first-order chi connectivity index (χ1) is 15.3. The number of benzene rings is 1. The second-order valence-corrected chi connectivity index (χ2v) is 9.79. The highest BCUT2D eigenvalue weighted by molar-refractivity contribution is 7.99. The van der Waals surface area contributed by atoms with Gasteiger partial charge in [-0.05, 0) is 18.6 Å². The van der Waals surface area contributed by atoms with E-state index in [1.165, 1.54) is 18.1 Å². The molecule has 0 saturated carbocycles. The number of nitrogens with zero attached hydrogens (tertiary/aromatic N) is 2. The molecule has 3 rings (SSSR count). The Morgan fingerprint density at radius 2 is 2.09 bits per heavy atom. The number of halogens is 2. The lowest BCUT2D eigenvalue weighted by Crippen LogP contribution is -2.24. The Hall–Kier alpha value is -2.51. The van der Waals surface area contributed by atoms with E-state index in [-0.39, 0.29) is 5.75 Å². The predicted molar refractivity (Wildman–Crippen MR) is 119 cm³/mol. The average molecular weight is 488 g/mol. The van der Waals surface area contributed by atoms with Crippen LogP contribution in [-0.2, 0) is 19.6 Å². The van der Waals surface area contributed by atoms with Crippen molar-refractivity contribution in [1.29, 1.82) is 0 Å². The Morgan fingerprint density at radius 3 is 2.81 bits per heavy atom. The fourth-order valence-electron chi connectivity index (χ4n) is 3.06. The number of hydrogen-bond acceptors (Lipinski definition) is 8. The largest absolute Gasteiger partial charge is 0.383 e. The van der Waals surface area contributed by atoms with Gasteiger partial charge in [0.2, 0.25) is 15.9 Å². The molecule has 2 heterocycles. The molecule has 1 atom stereocenters. The number of hydrogen-bond donors (Lipinski definition) is 3. The highest BCUT2D eigenvalue weighted by atomic mass is 32.2. The van der Waals surface area contributed by atoms with Crippen molar-refractivity contribution in [3.8, 4) is 0 Å². The average Bonchev–Trinajstić information content (AvgIpc) is 3.18. The smallest absolute Gasteiger partial charge is 0.234 e. The summed E-state index contributed by atoms with van der Waals surface area (Å²) in [7, 11) is -2.22. The maximum absolute atomic E-state index is 14.8. The summed E-state index contributed by atoms with van der Waals surface area (Å²) in [5.74, 6) is -3.01. The summed E-state index contributed by atoms with van der Waals surface area (Å²) in [4.78, 5) is 21.9. The summed E-state index contributed by atoms with van der Waals surface area (Å²) in [6.07, 6.45) is 1.63. The number of anilines is 3. The third kappa shape index (κ3) is 5.45. The van der Waals surface area contributed by atoms with E-state index < -0.39 is 44.9 Å². The van der Waals surface area contributed by atoms with Gasteiger partial charge < -0.3 is 15.4 Å². The van der Waals surface area contributed by atoms with Gasteiger partial charge in [-0.3, -0.25) is 9.52 Å². The van der Waals surface area contributed by atoms with E-state index in [0.717, 1.165) is 12.1 Å². The molecule has 0 spiro atoms. The van der Waals surface area contributed by atoms with E-state index in [0.29, 0.717) is 41.7 Å². The molecule has 1 unspecified atom stereocenters. The van der Waals surface area contributed by atoms with Gasteiger partial charge in [-0.2, -0.15) is 0 Å². The molecule has 0 fully saturated rings. The molecule has 0 radical (unpaired) electrons. The Balaban J connectivity index is 1.81. The molecule has 1 aliphatic heterocycles. The van der Waals surface area contributed by atoms with Gasteiger partial charge in [0, 0.05) is 19.4 Å². The number of fused-ring (bicyclic) bond motifs is 1. The van der Waals surface area contributed by atoms with Crippen molar-refractivity contribution in [2.24, 2.45) is 0 Å². The van der Waals surface area contributed by atoms with Gasteiger partial charge in [0.15, 0.2) is 5.82 Å². The van der Waals surface area contributed by atoms with Gasteiger partial charge in [-0.1, -0.05) is 6.92 Å². The summed E-state index contributed by atoms with van der Waals surface area (Å²) in [5, 5.41) is 5.35. The molecule has 1 aliphatic rings. The molecule has 9 nitrogen and oxygen atoms in total. The van der Waals surface area contributed by atoms with Gasteiger partial charge in [-0.25, -0.2) is 27.2 Å². The molecule has 0 saturated heterocycles. The van der Waals surface area contributed by atoms with Gasteiger partial charge in [0.25, 0.3) is 0 Å². The number of amides is 1. The van der Waals surface area contributed by atoms with Crippen LogP contribution in [0.25, 0.3) is 0 Å². The SMILES string of the molecule is CCCS(=O)(=O)Nc1ccc(F)c(NC(=O)C2CSc3c(NCCOC)ncnc32)c1F. The molecule has 174 valence electrons. The van der Waals surface area contributed by atoms with Crippen molar-refractivity contribution < 1.29 is 26.7 Å². The number of rotatable bonds is 10. The first-order valence-electron chi connectivity index (χ1n) is 9.77. The zero-order chi connectivity index (χ0) is 23.3. The van der Waals surface area contributed by atoms with Gasteiger partial charge in [0.05, 0.1) is 34.6 Å². The van der Waals surface area contributed by atoms with Crippen molar-refractivity contribution in [2.75, 3.05) is 47.1 Å². The Bertz CT molecular complexity index is 1100. The lowest BCUT2D eigenvalue weighted by Gasteiger charge is -2.15. The summed E-state index contributed by atoms with van der Waals surface area (Å²) < 4.78 is 60.1. The standard InChI is InChI=1S/C19H23F2N5O4S2/c1-3-8-32(28,29)26-13-5-4-12(20)16(14(13)21)25-19(27)11-9-31-17-15(11)23-10-24-18(17)22-6-7-30-2/h4-5,10-11,26H,3,6-9H2,1-2H3,(H,25,27)(H,22,23,24). The third-order valence-corrected chi connectivity index (χ3v) is 7.22. The fourth-order valence-corrected chi connectivity index (χ4v) is 5.44. The van der Waals surface area contributed by atoms with Crippen LogP contribution in [0.5, 0.6) is 0 Å². The molecule has 2 aromatic rings. The first kappa shape index (κ1) is 24.1. The van der Waals surface area contributed by atoms with Crippen LogP contribution in [0.15, 0.2) is 23.4 Å². The third-order valence-electron chi connectivity index (χ3n) is 4.55. The van der Waals surface area contributed by atoms with Crippen LogP contribution < -0.4 is 15.4 Å². The zero-order valence-electron chi connectivity index (χ0n) is 17.4. The number of thioether (sulfide) groups is 1. The Morgan fingerprint density at radius 1 is 1.31 bits per heavy atom. The zero-order valence-corrected chi connectivity index (χ0v) is 19.1. The van der Waals surface area contributed by atoms with E-state index in [1.807, 2.05) is 0 Å². The quantitative estimate of drug-likeness (QED) is 0.438. The van der Waals surface area contributed by atoms with Crippen LogP contribution >= 0.6 is 11.8 Å². The molecular formula is C19H23F2N5O4S2. The van der Waals surface area contributed by atoms with E-state index >= 15 is 0 Å². The highest BCUT2D eigenvalue weighted by Crippen LogP contribution is 2.42. The topological polar surface area (TPSA) is 122 Å². The van der Waals surface area contributed by atoms with Crippen LogP contribution in [0.2, 0.25) is 0 Å². The Kier molecular flexibility index (Phi) is 7.85. The summed E-state index contributed by atoms with van der Waals surface area (Å²) in [5.41, 5.74) is -0.719. The number of ether oxygens (including phenoxy) is 1. The van der Waals surface area contributed by atoms with Crippen LogP contribution in [-0.4, -0.2) is 56.1 Å². The van der Waals surface area contributed by atoms with E-state index in [4.69, 9.17) is 4.74 Å². The number of sulfonamides is 1. The van der Waals surface area contributed by atoms with Crippen molar-refractivity contribution in [1.82, 2.24) is 9.97 Å².